The van der Waals surface area contributed by atoms with Crippen LogP contribution in [0.25, 0.3) is 0 Å². The molecular formula is C15H20N2O3. The summed E-state index contributed by atoms with van der Waals surface area (Å²) in [5, 5.41) is 8.99. The lowest BCUT2D eigenvalue weighted by molar-refractivity contribution is -0.147. The molecule has 0 spiro atoms. The van der Waals surface area contributed by atoms with Crippen LogP contribution in [0.15, 0.2) is 16.9 Å². The highest BCUT2D eigenvalue weighted by Gasteiger charge is 2.25. The van der Waals surface area contributed by atoms with Crippen LogP contribution in [0.1, 0.15) is 57.3 Å². The Morgan fingerprint density at radius 3 is 2.50 bits per heavy atom. The predicted octanol–water partition coefficient (Wildman–Crippen LogP) is 2.36. The van der Waals surface area contributed by atoms with Crippen molar-refractivity contribution in [3.63, 3.8) is 0 Å². The van der Waals surface area contributed by atoms with Crippen molar-refractivity contribution in [3.05, 3.63) is 33.7 Å². The fourth-order valence-electron chi connectivity index (χ4n) is 2.14. The normalized spacial score (nSPS) is 12.0. The lowest BCUT2D eigenvalue weighted by atomic mass is 10.1. The summed E-state index contributed by atoms with van der Waals surface area (Å²) in [4.78, 5) is 24.4. The third kappa shape index (κ3) is 3.08. The Balaban J connectivity index is 3.50. The zero-order valence-corrected chi connectivity index (χ0v) is 12.3. The summed E-state index contributed by atoms with van der Waals surface area (Å²) < 4.78 is 6.43. The molecule has 0 bridgehead atoms. The van der Waals surface area contributed by atoms with Crippen molar-refractivity contribution in [2.75, 3.05) is 6.61 Å². The second kappa shape index (κ2) is 6.90. The molecule has 0 aromatic carbocycles. The number of rotatable bonds is 5. The molecule has 1 aromatic heterocycles. The Morgan fingerprint density at radius 2 is 2.05 bits per heavy atom. The van der Waals surface area contributed by atoms with Gasteiger partial charge in [0.25, 0.3) is 5.56 Å². The second-order valence-corrected chi connectivity index (χ2v) is 4.79. The summed E-state index contributed by atoms with van der Waals surface area (Å²) in [6.07, 6.45) is 0.438. The number of carbonyl (C=O) groups excluding carboxylic acids is 1. The van der Waals surface area contributed by atoms with Gasteiger partial charge in [-0.1, -0.05) is 20.8 Å². The molecule has 1 atom stereocenters. The highest BCUT2D eigenvalue weighted by molar-refractivity contribution is 5.74. The Labute approximate surface area is 118 Å². The van der Waals surface area contributed by atoms with Gasteiger partial charge in [0.1, 0.15) is 17.7 Å². The lowest BCUT2D eigenvalue weighted by Gasteiger charge is -2.22. The molecule has 1 heterocycles. The summed E-state index contributed by atoms with van der Waals surface area (Å²) in [6.45, 7) is 7.68. The first-order chi connectivity index (χ1) is 9.47. The third-order valence-electron chi connectivity index (χ3n) is 3.12. The van der Waals surface area contributed by atoms with E-state index in [0.29, 0.717) is 6.42 Å². The van der Waals surface area contributed by atoms with Gasteiger partial charge >= 0.3 is 5.97 Å². The molecule has 0 saturated heterocycles. The number of pyridine rings is 1. The van der Waals surface area contributed by atoms with Gasteiger partial charge < -0.3 is 4.74 Å². The molecule has 5 heteroatoms. The maximum Gasteiger partial charge on any atom is 0.329 e. The van der Waals surface area contributed by atoms with E-state index in [2.05, 4.69) is 0 Å². The van der Waals surface area contributed by atoms with Crippen LogP contribution in [0.3, 0.4) is 0 Å². The highest BCUT2D eigenvalue weighted by Crippen LogP contribution is 2.20. The lowest BCUT2D eigenvalue weighted by Crippen LogP contribution is -2.34. The van der Waals surface area contributed by atoms with E-state index in [1.54, 1.807) is 13.0 Å². The minimum atomic E-state index is -0.687. The van der Waals surface area contributed by atoms with Crippen molar-refractivity contribution in [1.82, 2.24) is 4.57 Å². The number of aromatic nitrogens is 1. The molecule has 0 amide bonds. The van der Waals surface area contributed by atoms with Gasteiger partial charge in [0.2, 0.25) is 0 Å². The summed E-state index contributed by atoms with van der Waals surface area (Å²) in [7, 11) is 0. The van der Waals surface area contributed by atoms with Gasteiger partial charge in [0.15, 0.2) is 0 Å². The van der Waals surface area contributed by atoms with E-state index in [4.69, 9.17) is 10.00 Å². The first-order valence-electron chi connectivity index (χ1n) is 6.80. The summed E-state index contributed by atoms with van der Waals surface area (Å²) in [5.41, 5.74) is 0.338. The topological polar surface area (TPSA) is 72.1 Å². The van der Waals surface area contributed by atoms with E-state index < -0.39 is 17.6 Å². The van der Waals surface area contributed by atoms with Crippen LogP contribution in [0, 0.1) is 11.3 Å². The van der Waals surface area contributed by atoms with Gasteiger partial charge in [0.05, 0.1) is 6.61 Å². The highest BCUT2D eigenvalue weighted by atomic mass is 16.5. The van der Waals surface area contributed by atoms with Crippen molar-refractivity contribution < 1.29 is 9.53 Å². The van der Waals surface area contributed by atoms with Crippen molar-refractivity contribution in [2.24, 2.45) is 0 Å². The molecule has 0 N–H and O–H groups in total. The summed E-state index contributed by atoms with van der Waals surface area (Å²) in [5.74, 6) is -0.368. The smallest absolute Gasteiger partial charge is 0.329 e. The first kappa shape index (κ1) is 16.0. The van der Waals surface area contributed by atoms with E-state index in [0.717, 1.165) is 5.69 Å². The Bertz CT molecular complexity index is 582. The predicted molar refractivity (Wildman–Crippen MR) is 75.5 cm³/mol. The summed E-state index contributed by atoms with van der Waals surface area (Å²) >= 11 is 0. The average molecular weight is 276 g/mol. The average Bonchev–Trinajstić information content (AvgIpc) is 2.41. The summed E-state index contributed by atoms with van der Waals surface area (Å²) in [6, 6.07) is 4.41. The minimum absolute atomic E-state index is 0.0390. The number of nitrogens with zero attached hydrogens (tertiary/aromatic N) is 2. The molecule has 0 aliphatic carbocycles. The molecule has 0 saturated carbocycles. The van der Waals surface area contributed by atoms with E-state index in [1.165, 1.54) is 10.6 Å². The Hall–Kier alpha value is -2.09. The number of ether oxygens (including phenoxy) is 1. The first-order valence-corrected chi connectivity index (χ1v) is 6.80. The quantitative estimate of drug-likeness (QED) is 0.774. The van der Waals surface area contributed by atoms with Gasteiger partial charge in [-0.15, -0.1) is 0 Å². The minimum Gasteiger partial charge on any atom is -0.464 e. The molecule has 0 fully saturated rings. The van der Waals surface area contributed by atoms with Crippen LogP contribution in [-0.2, 0) is 9.53 Å². The van der Waals surface area contributed by atoms with E-state index in [1.807, 2.05) is 26.8 Å². The van der Waals surface area contributed by atoms with Gasteiger partial charge in [-0.3, -0.25) is 9.36 Å². The van der Waals surface area contributed by atoms with Crippen LogP contribution in [0.5, 0.6) is 0 Å². The number of hydrogen-bond donors (Lipinski definition) is 0. The molecule has 108 valence electrons. The van der Waals surface area contributed by atoms with E-state index >= 15 is 0 Å². The molecule has 1 unspecified atom stereocenters. The standard InChI is InChI=1S/C15H20N2O3/c1-5-12(15(19)20-6-2)17-13(10(3)4)8-7-11(9-16)14(17)18/h7-8,10,12H,5-6H2,1-4H3. The SMILES string of the molecule is CCOC(=O)C(CC)n1c(C(C)C)ccc(C#N)c1=O. The fourth-order valence-corrected chi connectivity index (χ4v) is 2.14. The zero-order chi connectivity index (χ0) is 15.3. The van der Waals surface area contributed by atoms with Gasteiger partial charge in [-0.25, -0.2) is 4.79 Å². The van der Waals surface area contributed by atoms with Gasteiger partial charge in [-0.2, -0.15) is 5.26 Å². The van der Waals surface area contributed by atoms with Gasteiger partial charge in [0, 0.05) is 5.69 Å². The van der Waals surface area contributed by atoms with Crippen molar-refractivity contribution in [3.8, 4) is 6.07 Å². The molecule has 0 aliphatic rings. The number of esters is 1. The van der Waals surface area contributed by atoms with Crippen molar-refractivity contribution in [1.29, 1.82) is 5.26 Å². The second-order valence-electron chi connectivity index (χ2n) is 4.79. The monoisotopic (exact) mass is 276 g/mol. The van der Waals surface area contributed by atoms with Gasteiger partial charge in [-0.05, 0) is 31.4 Å². The Kier molecular flexibility index (Phi) is 5.51. The Morgan fingerprint density at radius 1 is 1.40 bits per heavy atom. The molecule has 0 radical (unpaired) electrons. The van der Waals surface area contributed by atoms with Crippen LogP contribution in [-0.4, -0.2) is 17.1 Å². The van der Waals surface area contributed by atoms with Crippen molar-refractivity contribution in [2.45, 2.75) is 46.1 Å². The fraction of sp³-hybridized carbons (Fsp3) is 0.533. The van der Waals surface area contributed by atoms with Crippen LogP contribution in [0.2, 0.25) is 0 Å². The molecular weight excluding hydrogens is 256 g/mol. The zero-order valence-electron chi connectivity index (χ0n) is 12.3. The molecule has 0 aliphatic heterocycles. The molecule has 5 nitrogen and oxygen atoms in total. The third-order valence-corrected chi connectivity index (χ3v) is 3.12. The number of nitriles is 1. The molecule has 1 aromatic rings. The maximum absolute atomic E-state index is 12.4. The van der Waals surface area contributed by atoms with E-state index in [9.17, 15) is 9.59 Å². The molecule has 1 rings (SSSR count). The number of carbonyl (C=O) groups is 1. The largest absolute Gasteiger partial charge is 0.464 e. The van der Waals surface area contributed by atoms with Crippen molar-refractivity contribution >= 4 is 5.97 Å². The van der Waals surface area contributed by atoms with Crippen LogP contribution >= 0.6 is 0 Å². The molecule has 20 heavy (non-hydrogen) atoms. The number of hydrogen-bond acceptors (Lipinski definition) is 4. The van der Waals surface area contributed by atoms with Crippen LogP contribution in [0.4, 0.5) is 0 Å². The maximum atomic E-state index is 12.4. The van der Waals surface area contributed by atoms with Crippen LogP contribution < -0.4 is 5.56 Å². The van der Waals surface area contributed by atoms with E-state index in [-0.39, 0.29) is 18.1 Å².